The van der Waals surface area contributed by atoms with Gasteiger partial charge in [0.25, 0.3) is 0 Å². The lowest BCUT2D eigenvalue weighted by Gasteiger charge is -2.05. The number of thiol groups is 6. The van der Waals surface area contributed by atoms with Gasteiger partial charge in [0, 0.05) is 71.4 Å². The van der Waals surface area contributed by atoms with Gasteiger partial charge < -0.3 is 0 Å². The topological polar surface area (TPSA) is 51.2 Å². The van der Waals surface area contributed by atoms with Crippen molar-refractivity contribution in [1.29, 1.82) is 0 Å². The molecule has 548 valence electrons. The first-order valence-electron chi connectivity index (χ1n) is 34.2. The Balaban J connectivity index is 0.00000116. The third-order valence-electron chi connectivity index (χ3n) is 12.7. The van der Waals surface area contributed by atoms with Gasteiger partial charge in [-0.3, -0.25) is 14.4 Å². The lowest BCUT2D eigenvalue weighted by molar-refractivity contribution is 0.108. The van der Waals surface area contributed by atoms with Crippen molar-refractivity contribution in [2.45, 2.75) is 138 Å². The zero-order valence-electron chi connectivity index (χ0n) is 61.5. The Morgan fingerprint density at radius 3 is 0.731 bits per heavy atom. The van der Waals surface area contributed by atoms with Crippen molar-refractivity contribution >= 4 is 158 Å². The molecule has 0 N–H and O–H groups in total. The second-order valence-corrected chi connectivity index (χ2v) is 27.9. The van der Waals surface area contributed by atoms with Crippen molar-refractivity contribution in [1.82, 2.24) is 0 Å². The number of halogens is 2. The first-order valence-corrected chi connectivity index (χ1v) is 41.5. The van der Waals surface area contributed by atoms with Crippen LogP contribution in [0.25, 0.3) is 0 Å². The van der Waals surface area contributed by atoms with E-state index in [-0.39, 0.29) is 15.3 Å². The molecular weight excluding hydrogens is 1580 g/mol. The van der Waals surface area contributed by atoms with Gasteiger partial charge >= 0.3 is 0 Å². The van der Waals surface area contributed by atoms with E-state index in [1.807, 2.05) is 384 Å². The number of carbonyl (C=O) groups is 3. The Kier molecular flexibility index (Phi) is 62.2. The molecule has 0 radical (unpaired) electrons. The molecule has 0 aliphatic heterocycles. The summed E-state index contributed by atoms with van der Waals surface area (Å²) in [4.78, 5) is 45.3. The third-order valence-corrected chi connectivity index (χ3v) is 18.6. The molecular formula is C90H102Br2O3S9. The quantitative estimate of drug-likeness (QED) is 0.0492. The van der Waals surface area contributed by atoms with Crippen molar-refractivity contribution < 1.29 is 14.4 Å². The van der Waals surface area contributed by atoms with E-state index in [1.54, 1.807) is 0 Å². The largest absolute Gasteiger partial charge is 0.281 e. The highest BCUT2D eigenvalue weighted by Crippen LogP contribution is 2.29. The van der Waals surface area contributed by atoms with Crippen LogP contribution >= 0.6 is 143 Å². The van der Waals surface area contributed by atoms with E-state index in [0.717, 1.165) is 95.4 Å². The van der Waals surface area contributed by atoms with Crippen LogP contribution in [-0.2, 0) is 18.2 Å². The van der Waals surface area contributed by atoms with E-state index in [9.17, 15) is 14.4 Å². The first-order chi connectivity index (χ1) is 50.5. The number of carbonyl (C=O) groups excluding carboxylic acids is 3. The van der Waals surface area contributed by atoms with Crippen molar-refractivity contribution in [3.05, 3.63) is 378 Å². The van der Waals surface area contributed by atoms with Crippen molar-refractivity contribution in [2.75, 3.05) is 5.33 Å². The second-order valence-electron chi connectivity index (χ2n) is 20.1. The average Bonchev–Trinajstić information content (AvgIpc) is 0.874. The zero-order valence-corrected chi connectivity index (χ0v) is 72.5. The standard InChI is InChI=1S/C15H14OS.C14H11BrOS.C14H12OS.C8H10S.C7H8S.4C6H6S.C2H5Br.3C2H6/c1-2-12-8-6-7-11-14(12)17-15(16)13-9-4-3-5-10-13;15-10-12-8-4-5-9-13(12)17-14(16)11-6-2-1-3-7-11;1-11-7-5-6-10-13(11)16-14(15)12-8-3-2-4-9-12;1-2-7-5-3-4-6-8(7)9;1-6-4-2-3-5-7(6)8;4*7-6-4-2-1-3-5-6;1-2-3;3*1-2/h3-11H,2H2,1H3;1-9H,10H2;2-10H,1H3;3-6,9H,2H2,1H3;2-5,8H,1H3;4*1-5,7H;2H2,1H3;3*1-2H3. The second kappa shape index (κ2) is 66.2. The van der Waals surface area contributed by atoms with Crippen LogP contribution in [0.3, 0.4) is 0 Å². The number of thioether (sulfide) groups is 3. The molecule has 0 heterocycles. The SMILES string of the molecule is CC.CC.CC.CCBr.CCc1ccccc1S.CCc1ccccc1SC(=O)c1ccccc1.Cc1ccccc1S.Cc1ccccc1SC(=O)c1ccccc1.O=C(Sc1ccccc1CBr)c1ccccc1.Sc1ccccc1.Sc1ccccc1.Sc1ccccc1.Sc1ccccc1. The lowest BCUT2D eigenvalue weighted by atomic mass is 10.2. The van der Waals surface area contributed by atoms with E-state index >= 15 is 0 Å². The van der Waals surface area contributed by atoms with Crippen LogP contribution in [0.1, 0.15) is 121 Å². The van der Waals surface area contributed by atoms with Crippen LogP contribution < -0.4 is 0 Å². The van der Waals surface area contributed by atoms with Crippen LogP contribution in [-0.4, -0.2) is 20.7 Å². The summed E-state index contributed by atoms with van der Waals surface area (Å²) in [5.74, 6) is 0. The molecule has 0 aliphatic carbocycles. The molecule has 0 bridgehead atoms. The van der Waals surface area contributed by atoms with Crippen LogP contribution in [0, 0.1) is 13.8 Å². The summed E-state index contributed by atoms with van der Waals surface area (Å²) >= 11 is 35.3. The molecule has 0 atom stereocenters. The zero-order chi connectivity index (χ0) is 77.4. The number of alkyl halides is 2. The normalized spacial score (nSPS) is 9.11. The Morgan fingerprint density at radius 2 is 0.490 bits per heavy atom. The molecule has 3 nitrogen and oxygen atoms in total. The maximum atomic E-state index is 12.0. The first kappa shape index (κ1) is 97.8. The molecule has 104 heavy (non-hydrogen) atoms. The lowest BCUT2D eigenvalue weighted by Crippen LogP contribution is -1.94. The van der Waals surface area contributed by atoms with Gasteiger partial charge in [-0.05, 0) is 169 Å². The number of aryl methyl sites for hydroxylation is 4. The molecule has 0 saturated carbocycles. The van der Waals surface area contributed by atoms with E-state index in [0.29, 0.717) is 0 Å². The van der Waals surface area contributed by atoms with Gasteiger partial charge in [-0.15, -0.1) is 75.8 Å². The van der Waals surface area contributed by atoms with Crippen LogP contribution in [0.5, 0.6) is 0 Å². The summed E-state index contributed by atoms with van der Waals surface area (Å²) in [6, 6.07) is 107. The third kappa shape index (κ3) is 47.3. The average molecular weight is 1680 g/mol. The summed E-state index contributed by atoms with van der Waals surface area (Å²) in [7, 11) is 0. The predicted octanol–water partition coefficient (Wildman–Crippen LogP) is 29.8. The smallest absolute Gasteiger partial charge is 0.224 e. The molecule has 12 aromatic rings. The monoisotopic (exact) mass is 1680 g/mol. The van der Waals surface area contributed by atoms with Crippen molar-refractivity contribution in [3.63, 3.8) is 0 Å². The van der Waals surface area contributed by atoms with E-state index in [4.69, 9.17) is 0 Å². The minimum Gasteiger partial charge on any atom is -0.281 e. The molecule has 12 aromatic carbocycles. The summed E-state index contributed by atoms with van der Waals surface area (Å²) in [6.45, 7) is 22.3. The van der Waals surface area contributed by atoms with Crippen molar-refractivity contribution in [3.8, 4) is 0 Å². The Bertz CT molecular complexity index is 3780. The van der Waals surface area contributed by atoms with Gasteiger partial charge in [-0.1, -0.05) is 349 Å². The molecule has 0 amide bonds. The van der Waals surface area contributed by atoms with Crippen molar-refractivity contribution in [2.24, 2.45) is 0 Å². The fraction of sp³-hybridized carbons (Fsp3) is 0.167. The summed E-state index contributed by atoms with van der Waals surface area (Å²) < 4.78 is 0. The number of hydrogen-bond donors (Lipinski definition) is 6. The summed E-state index contributed by atoms with van der Waals surface area (Å²) in [5, 5.41) is 2.10. The van der Waals surface area contributed by atoms with Gasteiger partial charge in [0.05, 0.1) is 0 Å². The number of hydrogen-bond acceptors (Lipinski definition) is 12. The van der Waals surface area contributed by atoms with E-state index in [2.05, 4.69) is 134 Å². The fourth-order valence-corrected chi connectivity index (χ4v) is 12.1. The molecule has 0 aromatic heterocycles. The van der Waals surface area contributed by atoms with Crippen LogP contribution in [0.2, 0.25) is 0 Å². The van der Waals surface area contributed by atoms with Gasteiger partial charge in [0.15, 0.2) is 0 Å². The minimum absolute atomic E-state index is 0.0824. The van der Waals surface area contributed by atoms with Crippen LogP contribution in [0.15, 0.2) is 378 Å². The maximum Gasteiger partial charge on any atom is 0.224 e. The van der Waals surface area contributed by atoms with E-state index < -0.39 is 0 Å². The highest BCUT2D eigenvalue weighted by molar-refractivity contribution is 9.09. The highest BCUT2D eigenvalue weighted by Gasteiger charge is 2.12. The molecule has 12 rings (SSSR count). The molecule has 0 aliphatic rings. The maximum absolute atomic E-state index is 12.0. The minimum atomic E-state index is 0.0824. The van der Waals surface area contributed by atoms with Gasteiger partial charge in [0.2, 0.25) is 15.3 Å². The van der Waals surface area contributed by atoms with E-state index in [1.165, 1.54) is 52.0 Å². The molecule has 0 saturated heterocycles. The number of benzene rings is 12. The Labute approximate surface area is 687 Å². The predicted molar refractivity (Wildman–Crippen MR) is 486 cm³/mol. The Hall–Kier alpha value is -6.24. The number of rotatable bonds is 9. The fourth-order valence-electron chi connectivity index (χ4n) is 7.56. The summed E-state index contributed by atoms with van der Waals surface area (Å²) in [6.07, 6.45) is 2.02. The molecule has 0 spiro atoms. The van der Waals surface area contributed by atoms with Gasteiger partial charge in [-0.25, -0.2) is 0 Å². The van der Waals surface area contributed by atoms with Crippen LogP contribution in [0.4, 0.5) is 0 Å². The Morgan fingerprint density at radius 1 is 0.269 bits per heavy atom. The van der Waals surface area contributed by atoms with Gasteiger partial charge in [0.1, 0.15) is 0 Å². The summed E-state index contributed by atoms with van der Waals surface area (Å²) in [5.41, 5.74) is 8.29. The highest BCUT2D eigenvalue weighted by atomic mass is 79.9. The molecule has 14 heteroatoms. The molecule has 0 fully saturated rings. The molecule has 0 unspecified atom stereocenters. The van der Waals surface area contributed by atoms with Gasteiger partial charge in [-0.2, -0.15) is 0 Å².